The van der Waals surface area contributed by atoms with Crippen LogP contribution in [0.5, 0.6) is 0 Å². The molecule has 0 bridgehead atoms. The normalized spacial score (nSPS) is 13.2. The van der Waals surface area contributed by atoms with Crippen molar-refractivity contribution in [2.45, 2.75) is 13.0 Å². The van der Waals surface area contributed by atoms with Crippen LogP contribution in [0.3, 0.4) is 0 Å². The Balaban J connectivity index is 3.66. The van der Waals surface area contributed by atoms with Gasteiger partial charge in [-0.2, -0.15) is 0 Å². The highest BCUT2D eigenvalue weighted by Gasteiger charge is 2.10. The number of rotatable bonds is 4. The molecule has 66 valence electrons. The molecule has 0 N–H and O–H groups in total. The van der Waals surface area contributed by atoms with Crippen LogP contribution in [0.25, 0.3) is 0 Å². The third-order valence-corrected chi connectivity index (χ3v) is 1.80. The number of carbonyl (C=O) groups is 1. The summed E-state index contributed by atoms with van der Waals surface area (Å²) in [6, 6.07) is 0. The topological polar surface area (TPSA) is 29.5 Å². The lowest BCUT2D eigenvalue weighted by Gasteiger charge is -2.18. The van der Waals surface area contributed by atoms with E-state index in [4.69, 9.17) is 4.74 Å². The predicted molar refractivity (Wildman–Crippen MR) is 47.9 cm³/mol. The number of likely N-dealkylation sites (N-methyl/N-ethyl adjacent to an activating group) is 1. The molecule has 0 aromatic carbocycles. The molecule has 1 atom stereocenters. The van der Waals surface area contributed by atoms with Crippen molar-refractivity contribution in [2.75, 3.05) is 26.0 Å². The zero-order chi connectivity index (χ0) is 8.85. The largest absolute Gasteiger partial charge is 0.460 e. The van der Waals surface area contributed by atoms with E-state index >= 15 is 0 Å². The zero-order valence-corrected chi connectivity index (χ0v) is 8.72. The zero-order valence-electron chi connectivity index (χ0n) is 7.13. The fourth-order valence-corrected chi connectivity index (χ4v) is 1.10. The van der Waals surface area contributed by atoms with Gasteiger partial charge in [0, 0.05) is 18.8 Å². The number of carbonyl (C=O) groups excluding carboxylic acids is 1. The molecule has 11 heavy (non-hydrogen) atoms. The van der Waals surface area contributed by atoms with Crippen molar-refractivity contribution in [3.05, 3.63) is 0 Å². The Kier molecular flexibility index (Phi) is 5.50. The van der Waals surface area contributed by atoms with Crippen LogP contribution in [0.2, 0.25) is 0 Å². The fourth-order valence-electron chi connectivity index (χ4n) is 0.760. The van der Waals surface area contributed by atoms with E-state index in [0.29, 0.717) is 5.33 Å². The second-order valence-electron chi connectivity index (χ2n) is 2.65. The summed E-state index contributed by atoms with van der Waals surface area (Å²) < 4.78 is 4.98. The van der Waals surface area contributed by atoms with Gasteiger partial charge in [0.25, 0.3) is 0 Å². The number of nitrogens with zero attached hydrogens (tertiary/aromatic N) is 1. The molecule has 0 spiro atoms. The molecular formula is C7H14BrNO2. The van der Waals surface area contributed by atoms with Gasteiger partial charge in [-0.05, 0) is 14.1 Å². The number of hydrogen-bond donors (Lipinski definition) is 0. The summed E-state index contributed by atoms with van der Waals surface area (Å²) in [4.78, 5) is 12.5. The highest BCUT2D eigenvalue weighted by atomic mass is 79.9. The molecule has 0 saturated heterocycles. The predicted octanol–water partition coefficient (Wildman–Crippen LogP) is 0.875. The number of ether oxygens (including phenoxy) is 1. The smallest absolute Gasteiger partial charge is 0.302 e. The van der Waals surface area contributed by atoms with Gasteiger partial charge in [0.05, 0.1) is 0 Å². The van der Waals surface area contributed by atoms with Crippen molar-refractivity contribution < 1.29 is 9.53 Å². The Morgan fingerprint density at radius 2 is 2.18 bits per heavy atom. The van der Waals surface area contributed by atoms with E-state index in [1.165, 1.54) is 6.92 Å². The van der Waals surface area contributed by atoms with Crippen molar-refractivity contribution in [2.24, 2.45) is 0 Å². The molecule has 0 heterocycles. The van der Waals surface area contributed by atoms with Crippen LogP contribution in [0.15, 0.2) is 0 Å². The van der Waals surface area contributed by atoms with Gasteiger partial charge < -0.3 is 9.64 Å². The number of esters is 1. The molecule has 0 saturated carbocycles. The summed E-state index contributed by atoms with van der Waals surface area (Å²) >= 11 is 3.27. The molecule has 0 aromatic heterocycles. The van der Waals surface area contributed by atoms with E-state index in [-0.39, 0.29) is 12.1 Å². The van der Waals surface area contributed by atoms with Gasteiger partial charge in [0.15, 0.2) is 0 Å². The minimum absolute atomic E-state index is 0.0394. The maximum Gasteiger partial charge on any atom is 0.302 e. The van der Waals surface area contributed by atoms with Crippen molar-refractivity contribution in [3.63, 3.8) is 0 Å². The third-order valence-electron chi connectivity index (χ3n) is 1.07. The molecule has 0 amide bonds. The van der Waals surface area contributed by atoms with E-state index in [9.17, 15) is 4.79 Å². The average molecular weight is 224 g/mol. The molecule has 0 aliphatic rings. The first-order valence-corrected chi connectivity index (χ1v) is 4.56. The maximum absolute atomic E-state index is 10.5. The van der Waals surface area contributed by atoms with Crippen LogP contribution in [-0.2, 0) is 9.53 Å². The standard InChI is InChI=1S/C7H14BrNO2/c1-6(10)11-7(4-8)5-9(2)3/h7H,4-5H2,1-3H3/t7-/m1/s1. The lowest BCUT2D eigenvalue weighted by molar-refractivity contribution is -0.145. The molecule has 0 rings (SSSR count). The lowest BCUT2D eigenvalue weighted by atomic mass is 10.4. The Labute approximate surface area is 75.8 Å². The van der Waals surface area contributed by atoms with Crippen LogP contribution >= 0.6 is 15.9 Å². The first kappa shape index (κ1) is 10.9. The second kappa shape index (κ2) is 5.55. The summed E-state index contributed by atoms with van der Waals surface area (Å²) in [5, 5.41) is 0.685. The molecule has 0 fully saturated rings. The quantitative estimate of drug-likeness (QED) is 0.524. The van der Waals surface area contributed by atoms with Crippen molar-refractivity contribution in [1.82, 2.24) is 4.90 Å². The Bertz CT molecular complexity index is 128. The maximum atomic E-state index is 10.5. The summed E-state index contributed by atoms with van der Waals surface area (Å²) in [6.45, 7) is 2.18. The van der Waals surface area contributed by atoms with Gasteiger partial charge in [0.2, 0.25) is 0 Å². The molecule has 3 nitrogen and oxygen atoms in total. The van der Waals surface area contributed by atoms with E-state index in [1.54, 1.807) is 0 Å². The second-order valence-corrected chi connectivity index (χ2v) is 3.30. The number of alkyl halides is 1. The van der Waals surface area contributed by atoms with Crippen LogP contribution < -0.4 is 0 Å². The van der Waals surface area contributed by atoms with Gasteiger partial charge in [-0.15, -0.1) is 0 Å². The summed E-state index contributed by atoms with van der Waals surface area (Å²) in [7, 11) is 3.89. The van der Waals surface area contributed by atoms with E-state index in [1.807, 2.05) is 19.0 Å². The molecule has 0 aliphatic heterocycles. The van der Waals surface area contributed by atoms with E-state index in [0.717, 1.165) is 6.54 Å². The van der Waals surface area contributed by atoms with Gasteiger partial charge in [0.1, 0.15) is 6.10 Å². The van der Waals surface area contributed by atoms with Gasteiger partial charge in [-0.1, -0.05) is 15.9 Å². The van der Waals surface area contributed by atoms with Crippen molar-refractivity contribution in [3.8, 4) is 0 Å². The minimum atomic E-state index is -0.226. The Morgan fingerprint density at radius 3 is 2.45 bits per heavy atom. The first-order chi connectivity index (χ1) is 5.06. The molecular weight excluding hydrogens is 210 g/mol. The number of halogens is 1. The molecule has 0 radical (unpaired) electrons. The SMILES string of the molecule is CC(=O)O[C@H](CBr)CN(C)C. The monoisotopic (exact) mass is 223 g/mol. The van der Waals surface area contributed by atoms with Gasteiger partial charge >= 0.3 is 5.97 Å². The van der Waals surface area contributed by atoms with Crippen molar-refractivity contribution >= 4 is 21.9 Å². The molecule has 0 aromatic rings. The summed E-state index contributed by atoms with van der Waals surface area (Å²) in [5.41, 5.74) is 0. The van der Waals surface area contributed by atoms with Crippen LogP contribution in [0.1, 0.15) is 6.92 Å². The molecule has 0 unspecified atom stereocenters. The summed E-state index contributed by atoms with van der Waals surface area (Å²) in [5.74, 6) is -0.226. The van der Waals surface area contributed by atoms with Crippen LogP contribution in [0, 0.1) is 0 Å². The van der Waals surface area contributed by atoms with Crippen molar-refractivity contribution in [1.29, 1.82) is 0 Å². The lowest BCUT2D eigenvalue weighted by Crippen LogP contribution is -2.30. The van der Waals surface area contributed by atoms with E-state index in [2.05, 4.69) is 15.9 Å². The Morgan fingerprint density at radius 1 is 1.64 bits per heavy atom. The average Bonchev–Trinajstić information content (AvgIpc) is 1.84. The van der Waals surface area contributed by atoms with E-state index < -0.39 is 0 Å². The number of hydrogen-bond acceptors (Lipinski definition) is 3. The Hall–Kier alpha value is -0.0900. The first-order valence-electron chi connectivity index (χ1n) is 3.44. The highest BCUT2D eigenvalue weighted by molar-refractivity contribution is 9.09. The molecule has 0 aliphatic carbocycles. The highest BCUT2D eigenvalue weighted by Crippen LogP contribution is 1.98. The minimum Gasteiger partial charge on any atom is -0.460 e. The summed E-state index contributed by atoms with van der Waals surface area (Å²) in [6.07, 6.45) is -0.0394. The third kappa shape index (κ3) is 6.31. The molecule has 4 heteroatoms. The van der Waals surface area contributed by atoms with Gasteiger partial charge in [-0.25, -0.2) is 0 Å². The van der Waals surface area contributed by atoms with Crippen LogP contribution in [-0.4, -0.2) is 42.9 Å². The van der Waals surface area contributed by atoms with Crippen LogP contribution in [0.4, 0.5) is 0 Å². The van der Waals surface area contributed by atoms with Gasteiger partial charge in [-0.3, -0.25) is 4.79 Å². The fraction of sp³-hybridized carbons (Fsp3) is 0.857.